The number of ether oxygens (including phenoxy) is 1. The van der Waals surface area contributed by atoms with Crippen LogP contribution in [-0.2, 0) is 6.42 Å². The van der Waals surface area contributed by atoms with Gasteiger partial charge < -0.3 is 9.64 Å². The summed E-state index contributed by atoms with van der Waals surface area (Å²) in [6.07, 6.45) is 2.77. The highest BCUT2D eigenvalue weighted by Crippen LogP contribution is 2.32. The van der Waals surface area contributed by atoms with Crippen LogP contribution in [0.5, 0.6) is 5.75 Å². The molecule has 1 amide bonds. The number of likely N-dealkylation sites (tertiary alicyclic amines) is 1. The molecule has 2 aliphatic heterocycles. The van der Waals surface area contributed by atoms with E-state index in [-0.39, 0.29) is 11.9 Å². The molecular weight excluding hydrogens is 280 g/mol. The van der Waals surface area contributed by atoms with Crippen LogP contribution in [0.2, 0.25) is 0 Å². The summed E-state index contributed by atoms with van der Waals surface area (Å²) < 4.78 is 5.50. The largest absolute Gasteiger partial charge is 0.493 e. The summed E-state index contributed by atoms with van der Waals surface area (Å²) in [6.45, 7) is 3.33. The van der Waals surface area contributed by atoms with Crippen LogP contribution in [0.3, 0.4) is 0 Å². The number of hydrogen-bond acceptors (Lipinski definition) is 4. The van der Waals surface area contributed by atoms with Gasteiger partial charge in [-0.15, -0.1) is 0 Å². The molecule has 0 saturated carbocycles. The lowest BCUT2D eigenvalue weighted by Crippen LogP contribution is -2.31. The Morgan fingerprint density at radius 3 is 3.18 bits per heavy atom. The molecule has 1 aromatic carbocycles. The third-order valence-corrected chi connectivity index (χ3v) is 4.36. The van der Waals surface area contributed by atoms with Crippen LogP contribution < -0.4 is 4.74 Å². The molecule has 0 aliphatic carbocycles. The van der Waals surface area contributed by atoms with E-state index in [0.29, 0.717) is 12.4 Å². The minimum absolute atomic E-state index is 0.0260. The fourth-order valence-electron chi connectivity index (χ4n) is 3.27. The number of aromatic nitrogens is 3. The molecule has 22 heavy (non-hydrogen) atoms. The van der Waals surface area contributed by atoms with Gasteiger partial charge in [-0.3, -0.25) is 9.89 Å². The van der Waals surface area contributed by atoms with Crippen molar-refractivity contribution in [1.29, 1.82) is 0 Å². The molecule has 0 unspecified atom stereocenters. The molecule has 4 rings (SSSR count). The zero-order valence-corrected chi connectivity index (χ0v) is 12.5. The fourth-order valence-corrected chi connectivity index (χ4v) is 3.27. The number of carbonyl (C=O) groups excluding carboxylic acids is 1. The monoisotopic (exact) mass is 298 g/mol. The first kappa shape index (κ1) is 13.3. The SMILES string of the molecule is Cc1nc([C@H]2CCCN2C(=O)c2ccc3c(c2)CCO3)n[nH]1. The number of hydrogen-bond donors (Lipinski definition) is 1. The Hall–Kier alpha value is -2.37. The minimum atomic E-state index is -0.0260. The van der Waals surface area contributed by atoms with Crippen molar-refractivity contribution in [2.45, 2.75) is 32.2 Å². The van der Waals surface area contributed by atoms with Crippen LogP contribution in [0.25, 0.3) is 0 Å². The van der Waals surface area contributed by atoms with E-state index in [2.05, 4.69) is 15.2 Å². The lowest BCUT2D eigenvalue weighted by molar-refractivity contribution is 0.0730. The highest BCUT2D eigenvalue weighted by atomic mass is 16.5. The summed E-state index contributed by atoms with van der Waals surface area (Å²) in [4.78, 5) is 19.1. The molecule has 0 bridgehead atoms. The number of aryl methyl sites for hydroxylation is 1. The van der Waals surface area contributed by atoms with Crippen LogP contribution in [-0.4, -0.2) is 39.1 Å². The molecule has 0 radical (unpaired) electrons. The summed E-state index contributed by atoms with van der Waals surface area (Å²) in [5.41, 5.74) is 1.85. The number of aromatic amines is 1. The number of H-pyrrole nitrogens is 1. The molecule has 1 N–H and O–H groups in total. The zero-order valence-electron chi connectivity index (χ0n) is 12.5. The van der Waals surface area contributed by atoms with Gasteiger partial charge in [0.2, 0.25) is 0 Å². The van der Waals surface area contributed by atoms with Gasteiger partial charge >= 0.3 is 0 Å². The molecule has 2 aliphatic rings. The number of benzene rings is 1. The lowest BCUT2D eigenvalue weighted by Gasteiger charge is -2.22. The summed E-state index contributed by atoms with van der Waals surface area (Å²) in [5, 5.41) is 7.10. The van der Waals surface area contributed by atoms with Crippen LogP contribution in [0.4, 0.5) is 0 Å². The topological polar surface area (TPSA) is 71.1 Å². The number of rotatable bonds is 2. The van der Waals surface area contributed by atoms with Crippen molar-refractivity contribution < 1.29 is 9.53 Å². The second-order valence-corrected chi connectivity index (χ2v) is 5.86. The van der Waals surface area contributed by atoms with Gasteiger partial charge in [-0.1, -0.05) is 0 Å². The van der Waals surface area contributed by atoms with Gasteiger partial charge in [-0.25, -0.2) is 4.98 Å². The fraction of sp³-hybridized carbons (Fsp3) is 0.438. The van der Waals surface area contributed by atoms with Gasteiger partial charge in [-0.2, -0.15) is 5.10 Å². The predicted octanol–water partition coefficient (Wildman–Crippen LogP) is 2.03. The van der Waals surface area contributed by atoms with Gasteiger partial charge in [0.1, 0.15) is 11.6 Å². The van der Waals surface area contributed by atoms with E-state index in [1.165, 1.54) is 0 Å². The third kappa shape index (κ3) is 2.15. The van der Waals surface area contributed by atoms with Crippen molar-refractivity contribution in [3.8, 4) is 5.75 Å². The van der Waals surface area contributed by atoms with E-state index < -0.39 is 0 Å². The van der Waals surface area contributed by atoms with E-state index in [1.807, 2.05) is 30.0 Å². The van der Waals surface area contributed by atoms with Crippen molar-refractivity contribution in [1.82, 2.24) is 20.1 Å². The van der Waals surface area contributed by atoms with E-state index in [0.717, 1.165) is 48.5 Å². The zero-order chi connectivity index (χ0) is 15.1. The molecule has 1 atom stereocenters. The molecule has 1 fully saturated rings. The lowest BCUT2D eigenvalue weighted by atomic mass is 10.1. The number of nitrogens with zero attached hydrogens (tertiary/aromatic N) is 3. The summed E-state index contributed by atoms with van der Waals surface area (Å²) >= 11 is 0. The summed E-state index contributed by atoms with van der Waals surface area (Å²) in [6, 6.07) is 5.69. The third-order valence-electron chi connectivity index (χ3n) is 4.36. The quantitative estimate of drug-likeness (QED) is 0.921. The van der Waals surface area contributed by atoms with E-state index in [9.17, 15) is 4.79 Å². The normalized spacial score (nSPS) is 20.0. The van der Waals surface area contributed by atoms with Crippen LogP contribution in [0.15, 0.2) is 18.2 Å². The molecule has 2 aromatic rings. The maximum Gasteiger partial charge on any atom is 0.254 e. The van der Waals surface area contributed by atoms with Crippen LogP contribution in [0, 0.1) is 6.92 Å². The molecule has 6 heteroatoms. The van der Waals surface area contributed by atoms with Gasteiger partial charge in [0, 0.05) is 18.5 Å². The van der Waals surface area contributed by atoms with Crippen LogP contribution in [0.1, 0.15) is 46.5 Å². The Bertz CT molecular complexity index is 725. The standard InChI is InChI=1S/C16H18N4O2/c1-10-17-15(19-18-10)13-3-2-7-20(13)16(21)12-4-5-14-11(9-12)6-8-22-14/h4-5,9,13H,2-3,6-8H2,1H3,(H,17,18,19)/t13-/m1/s1. The minimum Gasteiger partial charge on any atom is -0.493 e. The molecule has 6 nitrogen and oxygen atoms in total. The van der Waals surface area contributed by atoms with Gasteiger partial charge in [0.05, 0.1) is 12.6 Å². The summed E-state index contributed by atoms with van der Waals surface area (Å²) in [5.74, 6) is 2.45. The maximum atomic E-state index is 12.9. The second-order valence-electron chi connectivity index (χ2n) is 5.86. The Balaban J connectivity index is 1.61. The van der Waals surface area contributed by atoms with Crippen molar-refractivity contribution in [3.05, 3.63) is 41.0 Å². The van der Waals surface area contributed by atoms with Gasteiger partial charge in [0.25, 0.3) is 5.91 Å². The number of fused-ring (bicyclic) bond motifs is 1. The van der Waals surface area contributed by atoms with Crippen LogP contribution >= 0.6 is 0 Å². The first-order chi connectivity index (χ1) is 10.7. The van der Waals surface area contributed by atoms with Gasteiger partial charge in [0.15, 0.2) is 5.82 Å². The Kier molecular flexibility index (Phi) is 3.10. The average Bonchev–Trinajstić information content (AvgIpc) is 3.25. The molecule has 1 saturated heterocycles. The van der Waals surface area contributed by atoms with E-state index in [4.69, 9.17) is 4.74 Å². The highest BCUT2D eigenvalue weighted by molar-refractivity contribution is 5.95. The predicted molar refractivity (Wildman–Crippen MR) is 79.8 cm³/mol. The van der Waals surface area contributed by atoms with E-state index in [1.54, 1.807) is 0 Å². The number of carbonyl (C=O) groups is 1. The molecule has 0 spiro atoms. The average molecular weight is 298 g/mol. The van der Waals surface area contributed by atoms with Gasteiger partial charge in [-0.05, 0) is 43.5 Å². The maximum absolute atomic E-state index is 12.9. The molecular formula is C16H18N4O2. The Morgan fingerprint density at radius 1 is 1.45 bits per heavy atom. The van der Waals surface area contributed by atoms with E-state index >= 15 is 0 Å². The highest BCUT2D eigenvalue weighted by Gasteiger charge is 2.33. The van der Waals surface area contributed by atoms with Crippen molar-refractivity contribution in [3.63, 3.8) is 0 Å². The first-order valence-corrected chi connectivity index (χ1v) is 7.68. The number of nitrogens with one attached hydrogen (secondary N) is 1. The number of amides is 1. The molecule has 1 aromatic heterocycles. The Morgan fingerprint density at radius 2 is 2.36 bits per heavy atom. The molecule has 114 valence electrons. The van der Waals surface area contributed by atoms with Crippen molar-refractivity contribution in [2.24, 2.45) is 0 Å². The second kappa shape index (κ2) is 5.12. The Labute approximate surface area is 128 Å². The van der Waals surface area contributed by atoms with Crippen molar-refractivity contribution >= 4 is 5.91 Å². The molecule has 3 heterocycles. The first-order valence-electron chi connectivity index (χ1n) is 7.68. The van der Waals surface area contributed by atoms with Crippen molar-refractivity contribution in [2.75, 3.05) is 13.2 Å². The smallest absolute Gasteiger partial charge is 0.254 e. The summed E-state index contributed by atoms with van der Waals surface area (Å²) in [7, 11) is 0.